The highest BCUT2D eigenvalue weighted by atomic mass is 35.5. The van der Waals surface area contributed by atoms with E-state index in [0.717, 1.165) is 15.8 Å². The van der Waals surface area contributed by atoms with Crippen LogP contribution >= 0.6 is 22.9 Å². The van der Waals surface area contributed by atoms with E-state index in [2.05, 4.69) is 4.98 Å². The molecule has 0 bridgehead atoms. The Morgan fingerprint density at radius 3 is 2.56 bits per heavy atom. The fourth-order valence-electron chi connectivity index (χ4n) is 3.93. The highest BCUT2D eigenvalue weighted by Gasteiger charge is 2.48. The summed E-state index contributed by atoms with van der Waals surface area (Å²) in [6, 6.07) is 20.8. The number of nitrogens with zero attached hydrogens (tertiary/aromatic N) is 2. The lowest BCUT2D eigenvalue weighted by molar-refractivity contribution is -0.132. The van der Waals surface area contributed by atoms with Crippen molar-refractivity contribution in [2.45, 2.75) is 13.0 Å². The number of benzene rings is 3. The number of carbonyl (C=O) groups excluding carboxylic acids is 2. The number of ketones is 1. The van der Waals surface area contributed by atoms with Gasteiger partial charge in [0.1, 0.15) is 5.76 Å². The third-order valence-corrected chi connectivity index (χ3v) is 6.65. The molecule has 3 aromatic carbocycles. The van der Waals surface area contributed by atoms with Crippen molar-refractivity contribution in [3.8, 4) is 0 Å². The lowest BCUT2D eigenvalue weighted by atomic mass is 9.94. The Morgan fingerprint density at radius 2 is 1.81 bits per heavy atom. The number of aromatic nitrogens is 1. The van der Waals surface area contributed by atoms with Crippen LogP contribution in [-0.2, 0) is 9.59 Å². The van der Waals surface area contributed by atoms with Crippen LogP contribution in [0.15, 0.2) is 78.4 Å². The monoisotopic (exact) mass is 460 g/mol. The molecule has 1 unspecified atom stereocenters. The maximum absolute atomic E-state index is 13.2. The molecule has 1 aliphatic heterocycles. The minimum atomic E-state index is -0.800. The quantitative estimate of drug-likeness (QED) is 0.235. The molecule has 5 rings (SSSR count). The first kappa shape index (κ1) is 20.4. The Bertz CT molecular complexity index is 1410. The van der Waals surface area contributed by atoms with Gasteiger partial charge in [0.2, 0.25) is 0 Å². The van der Waals surface area contributed by atoms with Crippen LogP contribution in [0, 0.1) is 6.92 Å². The zero-order chi connectivity index (χ0) is 22.4. The van der Waals surface area contributed by atoms with E-state index in [1.807, 2.05) is 37.3 Å². The summed E-state index contributed by atoms with van der Waals surface area (Å²) in [7, 11) is 0. The van der Waals surface area contributed by atoms with Crippen molar-refractivity contribution in [3.63, 3.8) is 0 Å². The number of aryl methyl sites for hydroxylation is 1. The highest BCUT2D eigenvalue weighted by Crippen LogP contribution is 2.44. The minimum absolute atomic E-state index is 0.0455. The second-order valence-corrected chi connectivity index (χ2v) is 9.00. The van der Waals surface area contributed by atoms with Crippen LogP contribution in [-0.4, -0.2) is 21.8 Å². The van der Waals surface area contributed by atoms with E-state index in [4.69, 9.17) is 11.6 Å². The van der Waals surface area contributed by atoms with Gasteiger partial charge in [0.25, 0.3) is 5.78 Å². The number of rotatable bonds is 3. The van der Waals surface area contributed by atoms with E-state index in [0.29, 0.717) is 21.2 Å². The van der Waals surface area contributed by atoms with E-state index < -0.39 is 17.7 Å². The van der Waals surface area contributed by atoms with Crippen LogP contribution in [0.2, 0.25) is 5.02 Å². The number of anilines is 1. The van der Waals surface area contributed by atoms with E-state index >= 15 is 0 Å². The zero-order valence-electron chi connectivity index (χ0n) is 16.9. The van der Waals surface area contributed by atoms with Gasteiger partial charge in [-0.3, -0.25) is 14.5 Å². The number of hydrogen-bond acceptors (Lipinski definition) is 5. The van der Waals surface area contributed by atoms with Gasteiger partial charge in [0, 0.05) is 10.6 Å². The third kappa shape index (κ3) is 3.38. The molecule has 0 radical (unpaired) electrons. The van der Waals surface area contributed by atoms with Gasteiger partial charge in [-0.2, -0.15) is 0 Å². The topological polar surface area (TPSA) is 70.5 Å². The molecule has 1 aromatic heterocycles. The summed E-state index contributed by atoms with van der Waals surface area (Å²) >= 11 is 7.40. The molecule has 0 aliphatic carbocycles. The largest absolute Gasteiger partial charge is 0.507 e. The smallest absolute Gasteiger partial charge is 0.301 e. The molecule has 32 heavy (non-hydrogen) atoms. The maximum atomic E-state index is 13.2. The van der Waals surface area contributed by atoms with Crippen LogP contribution in [0.3, 0.4) is 0 Å². The van der Waals surface area contributed by atoms with E-state index in [1.165, 1.54) is 16.2 Å². The van der Waals surface area contributed by atoms with Crippen LogP contribution in [0.25, 0.3) is 16.0 Å². The summed E-state index contributed by atoms with van der Waals surface area (Å²) < 4.78 is 0.806. The van der Waals surface area contributed by atoms with E-state index in [1.54, 1.807) is 42.5 Å². The van der Waals surface area contributed by atoms with Crippen molar-refractivity contribution >= 4 is 55.7 Å². The van der Waals surface area contributed by atoms with Crippen molar-refractivity contribution in [3.05, 3.63) is 100 Å². The predicted molar refractivity (Wildman–Crippen MR) is 127 cm³/mol. The van der Waals surface area contributed by atoms with Gasteiger partial charge in [0.05, 0.1) is 21.8 Å². The molecule has 1 fully saturated rings. The lowest BCUT2D eigenvalue weighted by Crippen LogP contribution is -2.29. The van der Waals surface area contributed by atoms with E-state index in [-0.39, 0.29) is 11.3 Å². The zero-order valence-corrected chi connectivity index (χ0v) is 18.5. The molecule has 1 aliphatic rings. The first-order valence-corrected chi connectivity index (χ1v) is 11.1. The Labute approximate surface area is 193 Å². The molecule has 2 heterocycles. The Hall–Kier alpha value is -3.48. The molecule has 1 atom stereocenters. The summed E-state index contributed by atoms with van der Waals surface area (Å²) in [5.41, 5.74) is 2.90. The summed E-state index contributed by atoms with van der Waals surface area (Å²) in [5, 5.41) is 12.0. The Kier molecular flexibility index (Phi) is 5.04. The van der Waals surface area contributed by atoms with Crippen LogP contribution in [0.4, 0.5) is 5.13 Å². The Morgan fingerprint density at radius 1 is 1.03 bits per heavy atom. The number of Topliss-reactive ketones (excluding diaryl/α,β-unsaturated/α-hetero) is 1. The number of hydrogen-bond donors (Lipinski definition) is 1. The van der Waals surface area contributed by atoms with Gasteiger partial charge < -0.3 is 5.11 Å². The summed E-state index contributed by atoms with van der Waals surface area (Å²) in [5.74, 6) is -1.67. The fraction of sp³-hybridized carbons (Fsp3) is 0.0800. The number of amides is 1. The normalized spacial score (nSPS) is 17.9. The molecule has 7 heteroatoms. The molecule has 0 saturated carbocycles. The highest BCUT2D eigenvalue weighted by molar-refractivity contribution is 7.22. The summed E-state index contributed by atoms with van der Waals surface area (Å²) in [4.78, 5) is 32.4. The molecule has 1 amide bonds. The third-order valence-electron chi connectivity index (χ3n) is 5.39. The second kappa shape index (κ2) is 7.89. The standard InChI is InChI=1S/C25H17ClN2O3S/c1-14-6-5-9-16(12-14)21-20(22(29)15-7-3-2-4-8-15)23(30)24(31)28(21)25-27-18-11-10-17(26)13-19(18)32-25/h2-13,21,29H,1H3/b22-20+. The number of thiazole rings is 1. The second-order valence-electron chi connectivity index (χ2n) is 7.56. The van der Waals surface area contributed by atoms with Crippen LogP contribution in [0.1, 0.15) is 22.7 Å². The summed E-state index contributed by atoms with van der Waals surface area (Å²) in [6.45, 7) is 1.94. The molecule has 4 aromatic rings. The maximum Gasteiger partial charge on any atom is 0.301 e. The number of halogens is 1. The van der Waals surface area contributed by atoms with Gasteiger partial charge >= 0.3 is 5.91 Å². The van der Waals surface area contributed by atoms with Crippen LogP contribution in [0.5, 0.6) is 0 Å². The minimum Gasteiger partial charge on any atom is -0.507 e. The van der Waals surface area contributed by atoms with Crippen molar-refractivity contribution in [2.24, 2.45) is 0 Å². The summed E-state index contributed by atoms with van der Waals surface area (Å²) in [6.07, 6.45) is 0. The van der Waals surface area contributed by atoms with Gasteiger partial charge in [0.15, 0.2) is 5.13 Å². The van der Waals surface area contributed by atoms with Gasteiger partial charge in [-0.15, -0.1) is 0 Å². The van der Waals surface area contributed by atoms with Gasteiger partial charge in [-0.05, 0) is 30.7 Å². The molecular formula is C25H17ClN2O3S. The number of aliphatic hydroxyl groups is 1. The predicted octanol–water partition coefficient (Wildman–Crippen LogP) is 5.88. The number of carbonyl (C=O) groups is 2. The molecular weight excluding hydrogens is 444 g/mol. The fourth-order valence-corrected chi connectivity index (χ4v) is 5.19. The molecule has 158 valence electrons. The molecule has 1 saturated heterocycles. The molecule has 5 nitrogen and oxygen atoms in total. The first-order chi connectivity index (χ1) is 15.4. The van der Waals surface area contributed by atoms with E-state index in [9.17, 15) is 14.7 Å². The molecule has 1 N–H and O–H groups in total. The van der Waals surface area contributed by atoms with Crippen molar-refractivity contribution in [1.29, 1.82) is 0 Å². The number of fused-ring (bicyclic) bond motifs is 1. The average molecular weight is 461 g/mol. The van der Waals surface area contributed by atoms with Crippen molar-refractivity contribution in [1.82, 2.24) is 4.98 Å². The van der Waals surface area contributed by atoms with Crippen LogP contribution < -0.4 is 4.90 Å². The number of aliphatic hydroxyl groups excluding tert-OH is 1. The van der Waals surface area contributed by atoms with Gasteiger partial charge in [-0.1, -0.05) is 83.1 Å². The Balaban J connectivity index is 1.75. The lowest BCUT2D eigenvalue weighted by Gasteiger charge is -2.23. The van der Waals surface area contributed by atoms with Crippen molar-refractivity contribution < 1.29 is 14.7 Å². The first-order valence-electron chi connectivity index (χ1n) is 9.93. The van der Waals surface area contributed by atoms with Crippen molar-refractivity contribution in [2.75, 3.05) is 4.90 Å². The average Bonchev–Trinajstić information content (AvgIpc) is 3.32. The SMILES string of the molecule is Cc1cccc(C2/C(=C(\O)c3ccccc3)C(=O)C(=O)N2c2nc3ccc(Cl)cc3s2)c1. The van der Waals surface area contributed by atoms with Gasteiger partial charge in [-0.25, -0.2) is 4.98 Å². The molecule has 0 spiro atoms.